The molecule has 0 heterocycles. The van der Waals surface area contributed by atoms with Crippen LogP contribution in [-0.4, -0.2) is 24.0 Å². The monoisotopic (exact) mass is 339 g/mol. The Morgan fingerprint density at radius 1 is 1.17 bits per heavy atom. The Labute approximate surface area is 140 Å². The Morgan fingerprint density at radius 2 is 1.79 bits per heavy atom. The first-order chi connectivity index (χ1) is 11.3. The van der Waals surface area contributed by atoms with Gasteiger partial charge in [0.05, 0.1) is 5.56 Å². The van der Waals surface area contributed by atoms with Crippen LogP contribution in [0.15, 0.2) is 18.2 Å². The van der Waals surface area contributed by atoms with Crippen molar-refractivity contribution >= 4 is 11.9 Å². The predicted octanol–water partition coefficient (Wildman–Crippen LogP) is 3.45. The first-order valence-electron chi connectivity index (χ1n) is 8.25. The standard InChI is InChI=1S/C18H23F2NO3/c1-10-5-4-6-16(11(10)2)21-17(22)12(3)24-18(23)13-7-14(19)9-15(20)8-13/h7-12,16H,4-6H2,1-3H3,(H,21,22)/t10-,11-,12-,16+/m1/s1. The number of carbonyl (C=O) groups is 2. The van der Waals surface area contributed by atoms with Gasteiger partial charge in [0.1, 0.15) is 11.6 Å². The van der Waals surface area contributed by atoms with Crippen LogP contribution in [0.4, 0.5) is 8.78 Å². The molecule has 0 radical (unpaired) electrons. The molecule has 132 valence electrons. The highest BCUT2D eigenvalue weighted by Gasteiger charge is 2.30. The summed E-state index contributed by atoms with van der Waals surface area (Å²) in [4.78, 5) is 24.2. The van der Waals surface area contributed by atoms with E-state index in [1.165, 1.54) is 6.92 Å². The van der Waals surface area contributed by atoms with Gasteiger partial charge < -0.3 is 10.1 Å². The summed E-state index contributed by atoms with van der Waals surface area (Å²) in [6.07, 6.45) is 2.05. The van der Waals surface area contributed by atoms with Crippen LogP contribution in [0.2, 0.25) is 0 Å². The molecule has 1 aromatic rings. The molecule has 4 nitrogen and oxygen atoms in total. The third kappa shape index (κ3) is 4.52. The van der Waals surface area contributed by atoms with E-state index < -0.39 is 29.6 Å². The van der Waals surface area contributed by atoms with Crippen LogP contribution in [0.25, 0.3) is 0 Å². The van der Waals surface area contributed by atoms with Crippen LogP contribution in [0, 0.1) is 23.5 Å². The van der Waals surface area contributed by atoms with E-state index >= 15 is 0 Å². The topological polar surface area (TPSA) is 55.4 Å². The second-order valence-electron chi connectivity index (χ2n) is 6.59. The maximum absolute atomic E-state index is 13.1. The van der Waals surface area contributed by atoms with Crippen molar-refractivity contribution in [3.63, 3.8) is 0 Å². The van der Waals surface area contributed by atoms with Gasteiger partial charge in [0.25, 0.3) is 5.91 Å². The third-order valence-corrected chi connectivity index (χ3v) is 4.79. The summed E-state index contributed by atoms with van der Waals surface area (Å²) in [5.41, 5.74) is -0.258. The van der Waals surface area contributed by atoms with Gasteiger partial charge in [-0.3, -0.25) is 4.79 Å². The van der Waals surface area contributed by atoms with E-state index in [9.17, 15) is 18.4 Å². The molecule has 24 heavy (non-hydrogen) atoms. The van der Waals surface area contributed by atoms with Crippen LogP contribution in [-0.2, 0) is 9.53 Å². The van der Waals surface area contributed by atoms with Gasteiger partial charge in [0.2, 0.25) is 0 Å². The van der Waals surface area contributed by atoms with Crippen LogP contribution in [0.3, 0.4) is 0 Å². The minimum absolute atomic E-state index is 0.0500. The average Bonchev–Trinajstić information content (AvgIpc) is 2.50. The number of esters is 1. The van der Waals surface area contributed by atoms with E-state index in [4.69, 9.17) is 4.74 Å². The van der Waals surface area contributed by atoms with Crippen molar-refractivity contribution in [1.82, 2.24) is 5.32 Å². The maximum atomic E-state index is 13.1. The molecular weight excluding hydrogens is 316 g/mol. The molecule has 0 bridgehead atoms. The fourth-order valence-corrected chi connectivity index (χ4v) is 3.04. The lowest BCUT2D eigenvalue weighted by Crippen LogP contribution is -2.47. The predicted molar refractivity (Wildman–Crippen MR) is 85.3 cm³/mol. The van der Waals surface area contributed by atoms with E-state index in [1.807, 2.05) is 0 Å². The van der Waals surface area contributed by atoms with E-state index in [-0.39, 0.29) is 11.6 Å². The second kappa shape index (κ2) is 7.73. The van der Waals surface area contributed by atoms with Gasteiger partial charge in [-0.1, -0.05) is 26.7 Å². The van der Waals surface area contributed by atoms with Gasteiger partial charge in [0.15, 0.2) is 6.10 Å². The van der Waals surface area contributed by atoms with Gasteiger partial charge in [0, 0.05) is 12.1 Å². The first-order valence-corrected chi connectivity index (χ1v) is 8.25. The van der Waals surface area contributed by atoms with Crippen molar-refractivity contribution < 1.29 is 23.1 Å². The zero-order chi connectivity index (χ0) is 17.9. The quantitative estimate of drug-likeness (QED) is 0.855. The Bertz CT molecular complexity index is 600. The summed E-state index contributed by atoms with van der Waals surface area (Å²) in [6, 6.07) is 2.47. The summed E-state index contributed by atoms with van der Waals surface area (Å²) in [5, 5.41) is 2.91. The largest absolute Gasteiger partial charge is 0.449 e. The number of nitrogens with one attached hydrogen (secondary N) is 1. The Kier molecular flexibility index (Phi) is 5.91. The Hall–Kier alpha value is -1.98. The first kappa shape index (κ1) is 18.4. The van der Waals surface area contributed by atoms with Crippen LogP contribution >= 0.6 is 0 Å². The summed E-state index contributed by atoms with van der Waals surface area (Å²) in [5.74, 6) is -2.19. The molecule has 0 unspecified atom stereocenters. The highest BCUT2D eigenvalue weighted by atomic mass is 19.1. The molecule has 1 N–H and O–H groups in total. The van der Waals surface area contributed by atoms with Crippen LogP contribution in [0.5, 0.6) is 0 Å². The SMILES string of the molecule is C[C@@H]1[C@H](C)CCC[C@@H]1NC(=O)[C@@H](C)OC(=O)c1cc(F)cc(F)c1. The van der Waals surface area contributed by atoms with E-state index in [2.05, 4.69) is 19.2 Å². The van der Waals surface area contributed by atoms with Crippen LogP contribution in [0.1, 0.15) is 50.4 Å². The van der Waals surface area contributed by atoms with Gasteiger partial charge >= 0.3 is 5.97 Å². The van der Waals surface area contributed by atoms with Crippen molar-refractivity contribution in [3.05, 3.63) is 35.4 Å². The molecule has 0 aliphatic heterocycles. The second-order valence-corrected chi connectivity index (χ2v) is 6.59. The molecule has 0 aromatic heterocycles. The van der Waals surface area contributed by atoms with Gasteiger partial charge in [-0.25, -0.2) is 13.6 Å². The fourth-order valence-electron chi connectivity index (χ4n) is 3.04. The molecule has 1 aliphatic carbocycles. The molecule has 6 heteroatoms. The molecular formula is C18H23F2NO3. The molecule has 0 saturated heterocycles. The lowest BCUT2D eigenvalue weighted by Gasteiger charge is -2.35. The normalized spacial score (nSPS) is 25.0. The molecule has 1 amide bonds. The minimum atomic E-state index is -1.03. The van der Waals surface area contributed by atoms with Crippen LogP contribution < -0.4 is 5.32 Å². The zero-order valence-corrected chi connectivity index (χ0v) is 14.1. The number of rotatable bonds is 4. The molecule has 4 atom stereocenters. The lowest BCUT2D eigenvalue weighted by molar-refractivity contribution is -0.130. The number of hydrogen-bond acceptors (Lipinski definition) is 3. The number of ether oxygens (including phenoxy) is 1. The van der Waals surface area contributed by atoms with Gasteiger partial charge in [-0.05, 0) is 37.3 Å². The number of hydrogen-bond donors (Lipinski definition) is 1. The Balaban J connectivity index is 1.94. The number of benzene rings is 1. The minimum Gasteiger partial charge on any atom is -0.449 e. The summed E-state index contributed by atoms with van der Waals surface area (Å²) >= 11 is 0. The van der Waals surface area contributed by atoms with E-state index in [1.54, 1.807) is 0 Å². The van der Waals surface area contributed by atoms with Crippen molar-refractivity contribution in [2.75, 3.05) is 0 Å². The van der Waals surface area contributed by atoms with Crippen molar-refractivity contribution in [3.8, 4) is 0 Å². The molecule has 1 saturated carbocycles. The van der Waals surface area contributed by atoms with Gasteiger partial charge in [-0.15, -0.1) is 0 Å². The van der Waals surface area contributed by atoms with Crippen molar-refractivity contribution in [1.29, 1.82) is 0 Å². The molecule has 2 rings (SSSR count). The number of carbonyl (C=O) groups excluding carboxylic acids is 2. The lowest BCUT2D eigenvalue weighted by atomic mass is 9.78. The highest BCUT2D eigenvalue weighted by molar-refractivity contribution is 5.92. The summed E-state index contributed by atoms with van der Waals surface area (Å²) < 4.78 is 31.3. The van der Waals surface area contributed by atoms with Crippen molar-refractivity contribution in [2.24, 2.45) is 11.8 Å². The van der Waals surface area contributed by atoms with Crippen molar-refractivity contribution in [2.45, 2.75) is 52.2 Å². The maximum Gasteiger partial charge on any atom is 0.339 e. The smallest absolute Gasteiger partial charge is 0.339 e. The summed E-state index contributed by atoms with van der Waals surface area (Å²) in [6.45, 7) is 5.70. The molecule has 1 aromatic carbocycles. The molecule has 0 spiro atoms. The van der Waals surface area contributed by atoms with E-state index in [0.717, 1.165) is 31.4 Å². The van der Waals surface area contributed by atoms with Gasteiger partial charge in [-0.2, -0.15) is 0 Å². The molecule has 1 aliphatic rings. The average molecular weight is 339 g/mol. The van der Waals surface area contributed by atoms with E-state index in [0.29, 0.717) is 17.9 Å². The highest BCUT2D eigenvalue weighted by Crippen LogP contribution is 2.29. The zero-order valence-electron chi connectivity index (χ0n) is 14.1. The fraction of sp³-hybridized carbons (Fsp3) is 0.556. The number of halogens is 2. The molecule has 1 fully saturated rings. The number of amides is 1. The third-order valence-electron chi connectivity index (χ3n) is 4.79. The summed E-state index contributed by atoms with van der Waals surface area (Å²) in [7, 11) is 0. The Morgan fingerprint density at radius 3 is 2.42 bits per heavy atom.